The summed E-state index contributed by atoms with van der Waals surface area (Å²) in [6.45, 7) is 1.36. The standard InChI is InChI=1S/C15H20N2O5S/c1-11(18)16-13-7-9-14(10-8-13)23(20,21)17-22-15(19)12-5-3-2-4-6-12/h7-10,12,17H,2-6H2,1H3,(H,16,18). The summed E-state index contributed by atoms with van der Waals surface area (Å²) in [4.78, 5) is 29.3. The van der Waals surface area contributed by atoms with E-state index in [-0.39, 0.29) is 16.7 Å². The van der Waals surface area contributed by atoms with Crippen molar-refractivity contribution in [2.75, 3.05) is 5.32 Å². The lowest BCUT2D eigenvalue weighted by molar-refractivity contribution is -0.153. The Morgan fingerprint density at radius 2 is 1.70 bits per heavy atom. The van der Waals surface area contributed by atoms with Gasteiger partial charge >= 0.3 is 5.97 Å². The van der Waals surface area contributed by atoms with E-state index in [0.29, 0.717) is 5.69 Å². The first-order valence-corrected chi connectivity index (χ1v) is 8.97. The Balaban J connectivity index is 1.95. The smallest absolute Gasteiger partial charge is 0.329 e. The summed E-state index contributed by atoms with van der Waals surface area (Å²) in [6.07, 6.45) is 4.46. The molecule has 7 nitrogen and oxygen atoms in total. The van der Waals surface area contributed by atoms with Crippen LogP contribution in [0.5, 0.6) is 0 Å². The molecule has 0 atom stereocenters. The molecule has 2 rings (SSSR count). The van der Waals surface area contributed by atoms with Gasteiger partial charge in [0.25, 0.3) is 10.0 Å². The highest BCUT2D eigenvalue weighted by molar-refractivity contribution is 7.89. The predicted octanol–water partition coefficient (Wildman–Crippen LogP) is 1.96. The SMILES string of the molecule is CC(=O)Nc1ccc(S(=O)(=O)NOC(=O)C2CCCCC2)cc1. The summed E-state index contributed by atoms with van der Waals surface area (Å²) in [7, 11) is -3.95. The fraction of sp³-hybridized carbons (Fsp3) is 0.467. The molecule has 126 valence electrons. The van der Waals surface area contributed by atoms with E-state index in [9.17, 15) is 18.0 Å². The van der Waals surface area contributed by atoms with Crippen molar-refractivity contribution in [1.29, 1.82) is 0 Å². The van der Waals surface area contributed by atoms with Crippen molar-refractivity contribution in [3.8, 4) is 0 Å². The monoisotopic (exact) mass is 340 g/mol. The summed E-state index contributed by atoms with van der Waals surface area (Å²) >= 11 is 0. The zero-order valence-corrected chi connectivity index (χ0v) is 13.7. The average molecular weight is 340 g/mol. The van der Waals surface area contributed by atoms with Gasteiger partial charge in [-0.3, -0.25) is 9.59 Å². The summed E-state index contributed by atoms with van der Waals surface area (Å²) < 4.78 is 24.2. The van der Waals surface area contributed by atoms with Crippen molar-refractivity contribution >= 4 is 27.6 Å². The molecule has 1 amide bonds. The molecule has 1 aliphatic carbocycles. The Kier molecular flexibility index (Phi) is 5.73. The van der Waals surface area contributed by atoms with Gasteiger partial charge < -0.3 is 10.2 Å². The average Bonchev–Trinajstić information content (AvgIpc) is 2.53. The van der Waals surface area contributed by atoms with Gasteiger partial charge in [0.1, 0.15) is 0 Å². The molecule has 1 saturated carbocycles. The maximum Gasteiger partial charge on any atom is 0.329 e. The molecule has 8 heteroatoms. The van der Waals surface area contributed by atoms with Gasteiger partial charge in [0.05, 0.1) is 10.8 Å². The molecule has 0 spiro atoms. The number of rotatable bonds is 5. The van der Waals surface area contributed by atoms with E-state index < -0.39 is 16.0 Å². The maximum atomic E-state index is 12.1. The number of sulfonamides is 1. The van der Waals surface area contributed by atoms with Crippen LogP contribution < -0.4 is 10.2 Å². The van der Waals surface area contributed by atoms with E-state index in [4.69, 9.17) is 4.84 Å². The van der Waals surface area contributed by atoms with Crippen molar-refractivity contribution in [3.05, 3.63) is 24.3 Å². The van der Waals surface area contributed by atoms with Gasteiger partial charge in [-0.2, -0.15) is 0 Å². The zero-order valence-electron chi connectivity index (χ0n) is 12.9. The van der Waals surface area contributed by atoms with E-state index in [1.54, 1.807) is 0 Å². The molecule has 0 aliphatic heterocycles. The molecule has 2 N–H and O–H groups in total. The first-order chi connectivity index (χ1) is 10.9. The van der Waals surface area contributed by atoms with Crippen molar-refractivity contribution in [3.63, 3.8) is 0 Å². The third kappa shape index (κ3) is 5.04. The number of nitrogens with one attached hydrogen (secondary N) is 2. The summed E-state index contributed by atoms with van der Waals surface area (Å²) in [6, 6.07) is 5.56. The predicted molar refractivity (Wildman–Crippen MR) is 83.7 cm³/mol. The normalized spacial score (nSPS) is 15.9. The van der Waals surface area contributed by atoms with Gasteiger partial charge in [0.15, 0.2) is 0 Å². The molecule has 1 aromatic carbocycles. The molecular weight excluding hydrogens is 320 g/mol. The van der Waals surface area contributed by atoms with Crippen LogP contribution in [0.3, 0.4) is 0 Å². The minimum absolute atomic E-state index is 0.0527. The Hall–Kier alpha value is -1.93. The molecule has 1 aromatic rings. The van der Waals surface area contributed by atoms with Crippen LogP contribution in [-0.4, -0.2) is 20.3 Å². The molecule has 23 heavy (non-hydrogen) atoms. The van der Waals surface area contributed by atoms with E-state index in [0.717, 1.165) is 32.1 Å². The highest BCUT2D eigenvalue weighted by Gasteiger charge is 2.25. The molecule has 1 fully saturated rings. The Bertz CT molecular complexity index is 664. The van der Waals surface area contributed by atoms with Gasteiger partial charge in [-0.05, 0) is 42.0 Å². The van der Waals surface area contributed by atoms with Gasteiger partial charge in [-0.15, -0.1) is 0 Å². The van der Waals surface area contributed by atoms with E-state index in [1.807, 2.05) is 4.89 Å². The second-order valence-electron chi connectivity index (χ2n) is 5.55. The molecule has 0 bridgehead atoms. The van der Waals surface area contributed by atoms with Crippen LogP contribution in [0.15, 0.2) is 29.2 Å². The lowest BCUT2D eigenvalue weighted by Crippen LogP contribution is -2.31. The number of benzene rings is 1. The molecule has 0 aromatic heterocycles. The summed E-state index contributed by atoms with van der Waals surface area (Å²) in [5.41, 5.74) is 0.482. The number of carbonyl (C=O) groups is 2. The second kappa shape index (κ2) is 7.56. The minimum Gasteiger partial charge on any atom is -0.355 e. The lowest BCUT2D eigenvalue weighted by Gasteiger charge is -2.19. The Labute approximate surface area is 135 Å². The van der Waals surface area contributed by atoms with E-state index in [1.165, 1.54) is 31.2 Å². The molecular formula is C15H20N2O5S. The quantitative estimate of drug-likeness (QED) is 0.798. The first kappa shape index (κ1) is 17.4. The maximum absolute atomic E-state index is 12.1. The van der Waals surface area contributed by atoms with E-state index in [2.05, 4.69) is 5.32 Å². The van der Waals surface area contributed by atoms with Crippen LogP contribution in [0.1, 0.15) is 39.0 Å². The molecule has 0 heterocycles. The highest BCUT2D eigenvalue weighted by Crippen LogP contribution is 2.24. The topological polar surface area (TPSA) is 102 Å². The van der Waals surface area contributed by atoms with Crippen molar-refractivity contribution in [1.82, 2.24) is 4.89 Å². The van der Waals surface area contributed by atoms with Crippen molar-refractivity contribution < 1.29 is 22.8 Å². The number of hydrogen-bond acceptors (Lipinski definition) is 5. The van der Waals surface area contributed by atoms with Gasteiger partial charge in [-0.1, -0.05) is 19.3 Å². The number of carbonyl (C=O) groups excluding carboxylic acids is 2. The zero-order chi connectivity index (χ0) is 16.9. The third-order valence-corrected chi connectivity index (χ3v) is 4.87. The van der Waals surface area contributed by atoms with Gasteiger partial charge in [0.2, 0.25) is 5.91 Å². The Morgan fingerprint density at radius 1 is 1.09 bits per heavy atom. The molecule has 0 radical (unpaired) electrons. The van der Waals surface area contributed by atoms with Crippen LogP contribution in [-0.2, 0) is 24.4 Å². The first-order valence-electron chi connectivity index (χ1n) is 7.48. The van der Waals surface area contributed by atoms with Gasteiger partial charge in [0, 0.05) is 12.6 Å². The van der Waals surface area contributed by atoms with Gasteiger partial charge in [-0.25, -0.2) is 8.42 Å². The fourth-order valence-corrected chi connectivity index (χ4v) is 3.27. The van der Waals surface area contributed by atoms with Crippen LogP contribution in [0.2, 0.25) is 0 Å². The number of amides is 1. The number of hydrogen-bond donors (Lipinski definition) is 2. The lowest BCUT2D eigenvalue weighted by atomic mass is 9.89. The fourth-order valence-electron chi connectivity index (χ4n) is 2.49. The van der Waals surface area contributed by atoms with Crippen LogP contribution >= 0.6 is 0 Å². The molecule has 0 unspecified atom stereocenters. The Morgan fingerprint density at radius 3 is 2.26 bits per heavy atom. The molecule has 0 saturated heterocycles. The summed E-state index contributed by atoms with van der Waals surface area (Å²) in [5, 5.41) is 2.54. The highest BCUT2D eigenvalue weighted by atomic mass is 32.2. The van der Waals surface area contributed by atoms with E-state index >= 15 is 0 Å². The van der Waals surface area contributed by atoms with Crippen LogP contribution in [0.25, 0.3) is 0 Å². The third-order valence-electron chi connectivity index (χ3n) is 3.68. The second-order valence-corrected chi connectivity index (χ2v) is 7.19. The number of anilines is 1. The largest absolute Gasteiger partial charge is 0.355 e. The minimum atomic E-state index is -3.95. The van der Waals surface area contributed by atoms with Crippen molar-refractivity contribution in [2.24, 2.45) is 5.92 Å². The van der Waals surface area contributed by atoms with Crippen LogP contribution in [0, 0.1) is 5.92 Å². The van der Waals surface area contributed by atoms with Crippen LogP contribution in [0.4, 0.5) is 5.69 Å². The summed E-state index contributed by atoms with van der Waals surface area (Å²) in [5.74, 6) is -1.03. The van der Waals surface area contributed by atoms with Crippen molar-refractivity contribution in [2.45, 2.75) is 43.9 Å². The molecule has 1 aliphatic rings.